The fraction of sp³-hybridized carbons (Fsp3) is 0.471. The lowest BCUT2D eigenvalue weighted by molar-refractivity contribution is 0.147. The Morgan fingerprint density at radius 1 is 1.14 bits per heavy atom. The molecule has 0 spiro atoms. The van der Waals surface area contributed by atoms with E-state index < -0.39 is 11.9 Å². The number of rotatable bonds is 9. The van der Waals surface area contributed by atoms with Crippen LogP contribution >= 0.6 is 11.6 Å². The van der Waals surface area contributed by atoms with Crippen LogP contribution in [0.25, 0.3) is 32.8 Å². The van der Waals surface area contributed by atoms with Crippen LogP contribution in [0.5, 0.6) is 11.8 Å². The lowest BCUT2D eigenvalue weighted by atomic mass is 9.86. The number of aromatic nitrogens is 2. The molecule has 1 saturated heterocycles. The molecule has 2 heterocycles. The number of aromatic hydroxyl groups is 1. The summed E-state index contributed by atoms with van der Waals surface area (Å²) in [5, 5.41) is 22.9. The van der Waals surface area contributed by atoms with Gasteiger partial charge >= 0.3 is 6.01 Å². The van der Waals surface area contributed by atoms with Crippen molar-refractivity contribution in [1.82, 2.24) is 14.9 Å². The number of aliphatic hydroxyl groups is 1. The van der Waals surface area contributed by atoms with E-state index in [4.69, 9.17) is 21.3 Å². The molecule has 6 rings (SSSR count). The predicted octanol–water partition coefficient (Wildman–Crippen LogP) is 6.90. The van der Waals surface area contributed by atoms with Gasteiger partial charge in [-0.15, -0.1) is 0 Å². The molecule has 3 atom stereocenters. The molecule has 3 aromatic carbocycles. The predicted molar refractivity (Wildman–Crippen MR) is 171 cm³/mol. The molecule has 228 valence electrons. The van der Waals surface area contributed by atoms with Gasteiger partial charge in [0.25, 0.3) is 0 Å². The average molecular weight is 607 g/mol. The number of benzene rings is 3. The second-order valence-corrected chi connectivity index (χ2v) is 13.6. The summed E-state index contributed by atoms with van der Waals surface area (Å²) < 4.78 is 23.1. The van der Waals surface area contributed by atoms with Gasteiger partial charge in [0.1, 0.15) is 17.1 Å². The number of fused-ring (bicyclic) bond motifs is 2. The summed E-state index contributed by atoms with van der Waals surface area (Å²) in [7, 11) is 4.11. The highest BCUT2D eigenvalue weighted by Gasteiger charge is 2.44. The Morgan fingerprint density at radius 2 is 1.91 bits per heavy atom. The Bertz CT molecular complexity index is 1660. The number of anilines is 1. The number of nitrogens with zero attached hydrogens (tertiary/aromatic N) is 4. The first kappa shape index (κ1) is 29.9. The maximum absolute atomic E-state index is 16.8. The summed E-state index contributed by atoms with van der Waals surface area (Å²) in [6.07, 6.45) is 3.41. The normalized spacial score (nSPS) is 20.6. The van der Waals surface area contributed by atoms with E-state index in [1.54, 1.807) is 18.2 Å². The molecule has 1 aliphatic heterocycles. The van der Waals surface area contributed by atoms with Gasteiger partial charge in [0.2, 0.25) is 0 Å². The molecule has 2 fully saturated rings. The molecule has 2 N–H and O–H groups in total. The molecular formula is C34H40ClFN4O3. The minimum atomic E-state index is -0.577. The topological polar surface area (TPSA) is 82.0 Å². The molecule has 3 unspecified atom stereocenters. The van der Waals surface area contributed by atoms with E-state index >= 15 is 4.39 Å². The molecule has 4 aromatic rings. The van der Waals surface area contributed by atoms with Crippen LogP contribution in [0.4, 0.5) is 10.2 Å². The van der Waals surface area contributed by atoms with Gasteiger partial charge in [0, 0.05) is 36.0 Å². The first-order chi connectivity index (χ1) is 20.5. The van der Waals surface area contributed by atoms with E-state index in [0.717, 1.165) is 43.1 Å². The number of ether oxygens (including phenoxy) is 1. The van der Waals surface area contributed by atoms with Gasteiger partial charge in [0.05, 0.1) is 17.7 Å². The monoisotopic (exact) mass is 606 g/mol. The number of hydrogen-bond acceptors (Lipinski definition) is 7. The molecular weight excluding hydrogens is 567 g/mol. The third-order valence-electron chi connectivity index (χ3n) is 8.79. The van der Waals surface area contributed by atoms with Crippen LogP contribution in [0.15, 0.2) is 42.5 Å². The highest BCUT2D eigenvalue weighted by Crippen LogP contribution is 2.47. The third-order valence-corrected chi connectivity index (χ3v) is 9.09. The molecule has 43 heavy (non-hydrogen) atoms. The molecule has 9 heteroatoms. The van der Waals surface area contributed by atoms with Crippen molar-refractivity contribution in [3.05, 3.63) is 53.3 Å². The van der Waals surface area contributed by atoms with E-state index in [0.29, 0.717) is 42.3 Å². The van der Waals surface area contributed by atoms with Crippen molar-refractivity contribution in [1.29, 1.82) is 0 Å². The van der Waals surface area contributed by atoms with Crippen LogP contribution in [0.2, 0.25) is 5.02 Å². The molecule has 0 amide bonds. The van der Waals surface area contributed by atoms with Crippen LogP contribution in [0.3, 0.4) is 0 Å². The molecule has 1 aromatic heterocycles. The number of phenols is 1. The number of aliphatic hydroxyl groups excluding tert-OH is 1. The largest absolute Gasteiger partial charge is 0.508 e. The van der Waals surface area contributed by atoms with Crippen LogP contribution in [-0.4, -0.2) is 71.5 Å². The maximum Gasteiger partial charge on any atom is 0.319 e. The van der Waals surface area contributed by atoms with Crippen LogP contribution in [0, 0.1) is 23.1 Å². The number of halogens is 2. The molecule has 0 radical (unpaired) electrons. The summed E-state index contributed by atoms with van der Waals surface area (Å²) in [5.74, 6) is 0.671. The molecule has 1 saturated carbocycles. The minimum Gasteiger partial charge on any atom is -0.508 e. The smallest absolute Gasteiger partial charge is 0.319 e. The quantitative estimate of drug-likeness (QED) is 0.214. The average Bonchev–Trinajstić information content (AvgIpc) is 3.69. The number of hydrogen-bond donors (Lipinski definition) is 2. The molecule has 1 aliphatic carbocycles. The van der Waals surface area contributed by atoms with Crippen molar-refractivity contribution >= 4 is 39.1 Å². The summed E-state index contributed by atoms with van der Waals surface area (Å²) >= 11 is 6.89. The van der Waals surface area contributed by atoms with E-state index in [-0.39, 0.29) is 39.2 Å². The van der Waals surface area contributed by atoms with Crippen LogP contribution in [-0.2, 0) is 0 Å². The second kappa shape index (κ2) is 11.7. The van der Waals surface area contributed by atoms with Gasteiger partial charge in [-0.2, -0.15) is 9.97 Å². The standard InChI is InChI=1S/C34H40ClFN4O3/c1-20-11-22(12-21(2)41)17-40(16-20)32-27-15-28(35)29(26-14-24(42)13-23-7-5-6-8-25(23)26)30(36)31(27)37-33(38-32)43-19-34(9-10-34)18-39(3)4/h5-8,13-15,20-22,41-42H,9-12,16-19H2,1-4H3. The van der Waals surface area contributed by atoms with Crippen LogP contribution in [0.1, 0.15) is 39.5 Å². The number of phenolic OH excluding ortho intramolecular Hbond substituents is 1. The van der Waals surface area contributed by atoms with Crippen molar-refractivity contribution in [2.75, 3.05) is 45.2 Å². The Kier molecular flexibility index (Phi) is 8.13. The fourth-order valence-electron chi connectivity index (χ4n) is 6.93. The van der Waals surface area contributed by atoms with Crippen molar-refractivity contribution in [2.45, 2.75) is 45.6 Å². The van der Waals surface area contributed by atoms with Gasteiger partial charge in [-0.3, -0.25) is 0 Å². The first-order valence-corrected chi connectivity index (χ1v) is 15.5. The minimum absolute atomic E-state index is 0.0266. The van der Waals surface area contributed by atoms with Gasteiger partial charge < -0.3 is 24.7 Å². The second-order valence-electron chi connectivity index (χ2n) is 13.2. The van der Waals surface area contributed by atoms with Crippen LogP contribution < -0.4 is 9.64 Å². The van der Waals surface area contributed by atoms with Gasteiger partial charge in [0.15, 0.2) is 5.82 Å². The summed E-state index contributed by atoms with van der Waals surface area (Å²) in [4.78, 5) is 13.9. The summed E-state index contributed by atoms with van der Waals surface area (Å²) in [6, 6.07) is 12.6. The zero-order valence-electron chi connectivity index (χ0n) is 25.3. The maximum atomic E-state index is 16.8. The zero-order valence-corrected chi connectivity index (χ0v) is 26.0. The Hall–Kier alpha value is -3.20. The van der Waals surface area contributed by atoms with Crippen molar-refractivity contribution < 1.29 is 19.3 Å². The van der Waals surface area contributed by atoms with Crippen molar-refractivity contribution in [2.24, 2.45) is 17.3 Å². The Balaban J connectivity index is 1.49. The Morgan fingerprint density at radius 3 is 2.63 bits per heavy atom. The van der Waals surface area contributed by atoms with Gasteiger partial charge in [-0.1, -0.05) is 42.8 Å². The number of piperidine rings is 1. The third kappa shape index (κ3) is 6.24. The first-order valence-electron chi connectivity index (χ1n) is 15.1. The fourth-order valence-corrected chi connectivity index (χ4v) is 7.23. The van der Waals surface area contributed by atoms with E-state index in [1.165, 1.54) is 0 Å². The molecule has 0 bridgehead atoms. The lowest BCUT2D eigenvalue weighted by Crippen LogP contribution is -2.41. The Labute approximate surface area is 257 Å². The SMILES string of the molecule is CC(O)CC1CC(C)CN(c2nc(OCC3(CN(C)C)CC3)nc3c(F)c(-c4cc(O)cc5ccccc45)c(Cl)cc23)C1. The highest BCUT2D eigenvalue weighted by molar-refractivity contribution is 6.35. The summed E-state index contributed by atoms with van der Waals surface area (Å²) in [6.45, 7) is 6.79. The highest BCUT2D eigenvalue weighted by atomic mass is 35.5. The zero-order chi connectivity index (χ0) is 30.5. The molecule has 2 aliphatic rings. The lowest BCUT2D eigenvalue weighted by Gasteiger charge is -2.38. The van der Waals surface area contributed by atoms with Gasteiger partial charge in [-0.05, 0) is 93.1 Å². The van der Waals surface area contributed by atoms with E-state index in [2.05, 4.69) is 35.8 Å². The summed E-state index contributed by atoms with van der Waals surface area (Å²) in [5.41, 5.74) is 0.861. The van der Waals surface area contributed by atoms with E-state index in [9.17, 15) is 10.2 Å². The van der Waals surface area contributed by atoms with Gasteiger partial charge in [-0.25, -0.2) is 4.39 Å². The molecule has 7 nitrogen and oxygen atoms in total. The van der Waals surface area contributed by atoms with E-state index in [1.807, 2.05) is 31.2 Å². The van der Waals surface area contributed by atoms with Crippen molar-refractivity contribution in [3.8, 4) is 22.9 Å². The van der Waals surface area contributed by atoms with Crippen molar-refractivity contribution in [3.63, 3.8) is 0 Å².